The Hall–Kier alpha value is -2.64. The molecule has 0 spiro atoms. The van der Waals surface area contributed by atoms with Crippen LogP contribution in [-0.2, 0) is 14.3 Å². The first-order valence-corrected chi connectivity index (χ1v) is 6.17. The number of hydrogen-bond acceptors (Lipinski definition) is 5. The van der Waals surface area contributed by atoms with Gasteiger partial charge in [0.2, 0.25) is 5.91 Å². The normalized spacial score (nSPS) is 11.1. The van der Waals surface area contributed by atoms with Crippen LogP contribution >= 0.6 is 0 Å². The number of rotatable bonds is 10. The van der Waals surface area contributed by atoms with E-state index < -0.39 is 12.1 Å². The van der Waals surface area contributed by atoms with Crippen molar-refractivity contribution in [3.8, 4) is 0 Å². The van der Waals surface area contributed by atoms with Gasteiger partial charge in [0.15, 0.2) is 6.73 Å². The Balaban J connectivity index is 4.27. The Labute approximate surface area is 122 Å². The maximum Gasteiger partial charge on any atom is 0.406 e. The Morgan fingerprint density at radius 1 is 1.38 bits per heavy atom. The van der Waals surface area contributed by atoms with Gasteiger partial charge in [0.25, 0.3) is 0 Å². The van der Waals surface area contributed by atoms with Crippen molar-refractivity contribution in [1.29, 1.82) is 0 Å². The van der Waals surface area contributed by atoms with E-state index in [1.54, 1.807) is 12.2 Å². The number of carboxylic acids is 1. The molecule has 8 nitrogen and oxygen atoms in total. The summed E-state index contributed by atoms with van der Waals surface area (Å²) in [6.07, 6.45) is 4.33. The van der Waals surface area contributed by atoms with Gasteiger partial charge in [0.1, 0.15) is 0 Å². The third kappa shape index (κ3) is 10.9. The summed E-state index contributed by atoms with van der Waals surface area (Å²) in [4.78, 5) is 36.2. The van der Waals surface area contributed by atoms with Gasteiger partial charge < -0.3 is 20.9 Å². The van der Waals surface area contributed by atoms with Crippen LogP contribution in [0.3, 0.4) is 0 Å². The summed E-state index contributed by atoms with van der Waals surface area (Å²) in [5.41, 5.74) is 5.21. The van der Waals surface area contributed by atoms with Gasteiger partial charge in [-0.15, -0.1) is 6.58 Å². The van der Waals surface area contributed by atoms with Crippen molar-refractivity contribution < 1.29 is 24.2 Å². The number of carbonyl (C=O) groups is 3. The molecule has 0 unspecified atom stereocenters. The topological polar surface area (TPSA) is 131 Å². The lowest BCUT2D eigenvalue weighted by Crippen LogP contribution is -2.27. The Bertz CT molecular complexity index is 443. The zero-order valence-corrected chi connectivity index (χ0v) is 11.6. The van der Waals surface area contributed by atoms with Crippen LogP contribution in [0.1, 0.15) is 19.3 Å². The van der Waals surface area contributed by atoms with Crippen LogP contribution < -0.4 is 11.1 Å². The largest absolute Gasteiger partial charge is 0.481 e. The minimum absolute atomic E-state index is 0.0587. The van der Waals surface area contributed by atoms with Crippen LogP contribution in [-0.4, -0.2) is 42.6 Å². The van der Waals surface area contributed by atoms with Crippen molar-refractivity contribution in [1.82, 2.24) is 5.32 Å². The first-order valence-electron chi connectivity index (χ1n) is 6.17. The molecule has 0 aliphatic heterocycles. The van der Waals surface area contributed by atoms with Gasteiger partial charge in [0, 0.05) is 24.8 Å². The fourth-order valence-electron chi connectivity index (χ4n) is 1.24. The standard InChI is InChI=1S/C13H19N3O5/c1-2-4-10(12(19)16-8-6-11(17)18)5-3-7-15-9-21-13(14)20/h2,5,7H,1,3-4,6,8-9H2,(H2,14,20)(H,16,19)(H,17,18)/b10-5+,15-7+. The molecule has 0 radical (unpaired) electrons. The lowest BCUT2D eigenvalue weighted by atomic mass is 10.1. The number of carbonyl (C=O) groups excluding carboxylic acids is 2. The van der Waals surface area contributed by atoms with Crippen molar-refractivity contribution in [3.63, 3.8) is 0 Å². The number of allylic oxidation sites excluding steroid dienone is 2. The van der Waals surface area contributed by atoms with Crippen LogP contribution in [0.5, 0.6) is 0 Å². The van der Waals surface area contributed by atoms with Gasteiger partial charge in [-0.1, -0.05) is 12.2 Å². The molecule has 0 rings (SSSR count). The second-order valence-corrected chi connectivity index (χ2v) is 3.82. The van der Waals surface area contributed by atoms with Crippen LogP contribution in [0.4, 0.5) is 4.79 Å². The molecule has 0 aromatic carbocycles. The number of nitrogens with one attached hydrogen (secondary N) is 1. The average Bonchev–Trinajstić information content (AvgIpc) is 2.40. The predicted molar refractivity (Wildman–Crippen MR) is 76.8 cm³/mol. The number of nitrogens with zero attached hydrogens (tertiary/aromatic N) is 1. The van der Waals surface area contributed by atoms with Crippen molar-refractivity contribution in [2.45, 2.75) is 19.3 Å². The molecular weight excluding hydrogens is 278 g/mol. The minimum atomic E-state index is -0.980. The van der Waals surface area contributed by atoms with E-state index in [1.165, 1.54) is 6.21 Å². The number of nitrogens with two attached hydrogens (primary N) is 1. The lowest BCUT2D eigenvalue weighted by Gasteiger charge is -2.05. The summed E-state index contributed by atoms with van der Waals surface area (Å²) in [7, 11) is 0. The predicted octanol–water partition coefficient (Wildman–Crippen LogP) is 0.593. The Kier molecular flexibility index (Phi) is 9.80. The van der Waals surface area contributed by atoms with Crippen LogP contribution in [0.15, 0.2) is 29.3 Å². The smallest absolute Gasteiger partial charge is 0.406 e. The first-order chi connectivity index (χ1) is 9.97. The zero-order valence-electron chi connectivity index (χ0n) is 11.6. The van der Waals surface area contributed by atoms with E-state index in [0.717, 1.165) is 0 Å². The van der Waals surface area contributed by atoms with Gasteiger partial charge in [-0.05, 0) is 6.42 Å². The van der Waals surface area contributed by atoms with Crippen molar-refractivity contribution in [2.24, 2.45) is 10.7 Å². The van der Waals surface area contributed by atoms with Crippen molar-refractivity contribution in [2.75, 3.05) is 13.3 Å². The second-order valence-electron chi connectivity index (χ2n) is 3.82. The lowest BCUT2D eigenvalue weighted by molar-refractivity contribution is -0.136. The molecule has 4 N–H and O–H groups in total. The van der Waals surface area contributed by atoms with E-state index in [2.05, 4.69) is 21.6 Å². The SMILES string of the molecule is C=CC/C(=C\C/C=N/COC(N)=O)C(=O)NCCC(=O)O. The van der Waals surface area contributed by atoms with Crippen molar-refractivity contribution >= 4 is 24.2 Å². The van der Waals surface area contributed by atoms with E-state index >= 15 is 0 Å². The summed E-state index contributed by atoms with van der Waals surface area (Å²) >= 11 is 0. The summed E-state index contributed by atoms with van der Waals surface area (Å²) in [6, 6.07) is 0. The summed E-state index contributed by atoms with van der Waals surface area (Å²) in [6.45, 7) is 3.43. The maximum absolute atomic E-state index is 11.8. The van der Waals surface area contributed by atoms with E-state index in [9.17, 15) is 14.4 Å². The average molecular weight is 297 g/mol. The van der Waals surface area contributed by atoms with Crippen LogP contribution in [0.25, 0.3) is 0 Å². The Morgan fingerprint density at radius 3 is 2.67 bits per heavy atom. The second kappa shape index (κ2) is 11.2. The van der Waals surface area contributed by atoms with Gasteiger partial charge >= 0.3 is 12.1 Å². The maximum atomic E-state index is 11.8. The van der Waals surface area contributed by atoms with Gasteiger partial charge in [-0.3, -0.25) is 14.6 Å². The molecule has 0 heterocycles. The molecular formula is C13H19N3O5. The molecule has 8 heteroatoms. The van der Waals surface area contributed by atoms with Gasteiger partial charge in [-0.2, -0.15) is 0 Å². The number of amides is 2. The molecule has 0 aliphatic rings. The molecule has 0 saturated heterocycles. The molecule has 0 aliphatic carbocycles. The summed E-state index contributed by atoms with van der Waals surface area (Å²) < 4.78 is 4.39. The molecule has 0 saturated carbocycles. The van der Waals surface area contributed by atoms with Gasteiger partial charge in [-0.25, -0.2) is 4.79 Å². The highest BCUT2D eigenvalue weighted by Gasteiger charge is 2.07. The number of aliphatic carboxylic acids is 1. The zero-order chi connectivity index (χ0) is 16.1. The summed E-state index contributed by atoms with van der Waals surface area (Å²) in [5.74, 6) is -1.33. The molecule has 0 aromatic rings. The first kappa shape index (κ1) is 18.4. The molecule has 2 amide bonds. The summed E-state index contributed by atoms with van der Waals surface area (Å²) in [5, 5.41) is 11.0. The molecule has 0 aromatic heterocycles. The van der Waals surface area contributed by atoms with Gasteiger partial charge in [0.05, 0.1) is 6.42 Å². The van der Waals surface area contributed by atoms with Crippen LogP contribution in [0.2, 0.25) is 0 Å². The highest BCUT2D eigenvalue weighted by Crippen LogP contribution is 2.03. The number of aliphatic imine (C=N–C) groups is 1. The van der Waals surface area contributed by atoms with E-state index in [-0.39, 0.29) is 25.6 Å². The third-order valence-electron chi connectivity index (χ3n) is 2.16. The number of ether oxygens (including phenoxy) is 1. The number of carboxylic acid groups (broad SMARTS) is 1. The highest BCUT2D eigenvalue weighted by molar-refractivity contribution is 5.94. The monoisotopic (exact) mass is 297 g/mol. The number of hydrogen-bond donors (Lipinski definition) is 3. The molecule has 0 atom stereocenters. The highest BCUT2D eigenvalue weighted by atomic mass is 16.6. The molecule has 21 heavy (non-hydrogen) atoms. The van der Waals surface area contributed by atoms with E-state index in [1.807, 2.05) is 0 Å². The molecule has 116 valence electrons. The fraction of sp³-hybridized carbons (Fsp3) is 0.385. The molecule has 0 fully saturated rings. The van der Waals surface area contributed by atoms with E-state index in [0.29, 0.717) is 18.4 Å². The van der Waals surface area contributed by atoms with Crippen LogP contribution in [0, 0.1) is 0 Å². The van der Waals surface area contributed by atoms with Crippen molar-refractivity contribution in [3.05, 3.63) is 24.3 Å². The molecule has 0 bridgehead atoms. The quantitative estimate of drug-likeness (QED) is 0.308. The Morgan fingerprint density at radius 2 is 2.10 bits per heavy atom. The number of primary amides is 1. The minimum Gasteiger partial charge on any atom is -0.481 e. The fourth-order valence-corrected chi connectivity index (χ4v) is 1.24. The van der Waals surface area contributed by atoms with E-state index in [4.69, 9.17) is 10.8 Å². The third-order valence-corrected chi connectivity index (χ3v) is 2.16.